The zero-order chi connectivity index (χ0) is 20.1. The molecule has 0 atom stereocenters. The quantitative estimate of drug-likeness (QED) is 0.715. The third-order valence-corrected chi connectivity index (χ3v) is 5.30. The third-order valence-electron chi connectivity index (χ3n) is 5.30. The molecule has 1 saturated heterocycles. The van der Waals surface area contributed by atoms with Gasteiger partial charge in [0.05, 0.1) is 13.3 Å². The van der Waals surface area contributed by atoms with E-state index in [1.807, 2.05) is 48.5 Å². The fraction of sp³-hybridized carbons (Fsp3) is 0.261. The van der Waals surface area contributed by atoms with E-state index in [-0.39, 0.29) is 11.8 Å². The molecular weight excluding hydrogens is 364 g/mol. The molecule has 0 bridgehead atoms. The Hall–Kier alpha value is -3.41. The Labute approximate surface area is 170 Å². The third kappa shape index (κ3) is 4.37. The molecule has 1 fully saturated rings. The Morgan fingerprint density at radius 3 is 2.69 bits per heavy atom. The van der Waals surface area contributed by atoms with Crippen LogP contribution in [0.3, 0.4) is 0 Å². The number of nitrogens with one attached hydrogen (secondary N) is 1. The first kappa shape index (κ1) is 18.9. The van der Waals surface area contributed by atoms with Crippen LogP contribution in [0.4, 0.5) is 11.5 Å². The SMILES string of the molecule is COc1cccc(-c2ccccc2NC(=O)C2CCN(c3cnccn3)CC2)c1. The van der Waals surface area contributed by atoms with E-state index < -0.39 is 0 Å². The maximum atomic E-state index is 12.9. The maximum Gasteiger partial charge on any atom is 0.227 e. The van der Waals surface area contributed by atoms with Crippen LogP contribution in [0.25, 0.3) is 11.1 Å². The molecule has 0 radical (unpaired) electrons. The summed E-state index contributed by atoms with van der Waals surface area (Å²) in [6.07, 6.45) is 6.73. The van der Waals surface area contributed by atoms with E-state index in [0.29, 0.717) is 0 Å². The lowest BCUT2D eigenvalue weighted by Gasteiger charge is -2.32. The van der Waals surface area contributed by atoms with Crippen molar-refractivity contribution in [1.82, 2.24) is 9.97 Å². The number of nitrogens with zero attached hydrogens (tertiary/aromatic N) is 3. The van der Waals surface area contributed by atoms with Crippen molar-refractivity contribution < 1.29 is 9.53 Å². The highest BCUT2D eigenvalue weighted by molar-refractivity contribution is 5.97. The van der Waals surface area contributed by atoms with Gasteiger partial charge in [-0.1, -0.05) is 30.3 Å². The smallest absolute Gasteiger partial charge is 0.227 e. The normalized spacial score (nSPS) is 14.4. The Balaban J connectivity index is 1.44. The Morgan fingerprint density at radius 2 is 1.93 bits per heavy atom. The Kier molecular flexibility index (Phi) is 5.70. The number of amides is 1. The highest BCUT2D eigenvalue weighted by Crippen LogP contribution is 2.31. The molecule has 0 aliphatic carbocycles. The number of hydrogen-bond acceptors (Lipinski definition) is 5. The molecule has 1 aliphatic heterocycles. The van der Waals surface area contributed by atoms with Gasteiger partial charge in [0.15, 0.2) is 0 Å². The summed E-state index contributed by atoms with van der Waals surface area (Å²) in [5, 5.41) is 3.14. The second-order valence-corrected chi connectivity index (χ2v) is 7.09. The lowest BCUT2D eigenvalue weighted by molar-refractivity contribution is -0.120. The zero-order valence-corrected chi connectivity index (χ0v) is 16.4. The van der Waals surface area contributed by atoms with Crippen LogP contribution >= 0.6 is 0 Å². The van der Waals surface area contributed by atoms with Crippen molar-refractivity contribution in [1.29, 1.82) is 0 Å². The lowest BCUT2D eigenvalue weighted by Crippen LogP contribution is -2.38. The summed E-state index contributed by atoms with van der Waals surface area (Å²) < 4.78 is 5.34. The lowest BCUT2D eigenvalue weighted by atomic mass is 9.95. The molecule has 0 unspecified atom stereocenters. The zero-order valence-electron chi connectivity index (χ0n) is 16.4. The van der Waals surface area contributed by atoms with Gasteiger partial charge in [0.1, 0.15) is 11.6 Å². The number of ether oxygens (including phenoxy) is 1. The topological polar surface area (TPSA) is 67.3 Å². The highest BCUT2D eigenvalue weighted by atomic mass is 16.5. The number of hydrogen-bond donors (Lipinski definition) is 1. The van der Waals surface area contributed by atoms with Gasteiger partial charge in [-0.25, -0.2) is 4.98 Å². The Morgan fingerprint density at radius 1 is 1.10 bits per heavy atom. The van der Waals surface area contributed by atoms with Crippen molar-refractivity contribution in [2.75, 3.05) is 30.4 Å². The van der Waals surface area contributed by atoms with Crippen LogP contribution in [0.1, 0.15) is 12.8 Å². The summed E-state index contributed by atoms with van der Waals surface area (Å²) in [5.41, 5.74) is 2.82. The number of carbonyl (C=O) groups is 1. The minimum atomic E-state index is -0.0127. The number of anilines is 2. The van der Waals surface area contributed by atoms with Crippen LogP contribution in [0.15, 0.2) is 67.1 Å². The molecule has 2 heterocycles. The Bertz CT molecular complexity index is 969. The summed E-state index contributed by atoms with van der Waals surface area (Å²) in [7, 11) is 1.65. The molecule has 1 amide bonds. The minimum absolute atomic E-state index is 0.0127. The summed E-state index contributed by atoms with van der Waals surface area (Å²) in [6, 6.07) is 15.7. The maximum absolute atomic E-state index is 12.9. The average Bonchev–Trinajstić information content (AvgIpc) is 2.80. The molecule has 1 N–H and O–H groups in total. The van der Waals surface area contributed by atoms with Crippen molar-refractivity contribution in [2.24, 2.45) is 5.92 Å². The molecule has 0 spiro atoms. The largest absolute Gasteiger partial charge is 0.497 e. The van der Waals surface area contributed by atoms with Crippen LogP contribution in [-0.2, 0) is 4.79 Å². The van der Waals surface area contributed by atoms with Crippen molar-refractivity contribution in [2.45, 2.75) is 12.8 Å². The minimum Gasteiger partial charge on any atom is -0.497 e. The van der Waals surface area contributed by atoms with E-state index in [9.17, 15) is 4.79 Å². The standard InChI is InChI=1S/C23H24N4O2/c1-29-19-6-4-5-18(15-19)20-7-2-3-8-21(20)26-23(28)17-9-13-27(14-10-17)22-16-24-11-12-25-22/h2-8,11-12,15-17H,9-10,13-14H2,1H3,(H,26,28). The van der Waals surface area contributed by atoms with Crippen molar-refractivity contribution >= 4 is 17.4 Å². The molecule has 4 rings (SSSR count). The molecule has 1 aromatic heterocycles. The predicted molar refractivity (Wildman–Crippen MR) is 114 cm³/mol. The highest BCUT2D eigenvalue weighted by Gasteiger charge is 2.26. The van der Waals surface area contributed by atoms with E-state index in [1.54, 1.807) is 25.7 Å². The first-order chi connectivity index (χ1) is 14.2. The van der Waals surface area contributed by atoms with Gasteiger partial charge >= 0.3 is 0 Å². The van der Waals surface area contributed by atoms with E-state index in [4.69, 9.17) is 4.74 Å². The molecular formula is C23H24N4O2. The van der Waals surface area contributed by atoms with Crippen molar-refractivity contribution in [3.63, 3.8) is 0 Å². The van der Waals surface area contributed by atoms with Crippen LogP contribution in [0.2, 0.25) is 0 Å². The molecule has 1 aliphatic rings. The van der Waals surface area contributed by atoms with Gasteiger partial charge in [0.2, 0.25) is 5.91 Å². The molecule has 6 heteroatoms. The fourth-order valence-electron chi connectivity index (χ4n) is 3.69. The number of carbonyl (C=O) groups excluding carboxylic acids is 1. The van der Waals surface area contributed by atoms with E-state index in [2.05, 4.69) is 20.2 Å². The van der Waals surface area contributed by atoms with Crippen LogP contribution in [0.5, 0.6) is 5.75 Å². The van der Waals surface area contributed by atoms with E-state index >= 15 is 0 Å². The first-order valence-electron chi connectivity index (χ1n) is 9.80. The van der Waals surface area contributed by atoms with Gasteiger partial charge in [0.25, 0.3) is 0 Å². The van der Waals surface area contributed by atoms with E-state index in [0.717, 1.165) is 54.3 Å². The molecule has 6 nitrogen and oxygen atoms in total. The van der Waals surface area contributed by atoms with Gasteiger partial charge < -0.3 is 15.0 Å². The van der Waals surface area contributed by atoms with Crippen LogP contribution in [0, 0.1) is 5.92 Å². The van der Waals surface area contributed by atoms with Gasteiger partial charge in [-0.3, -0.25) is 9.78 Å². The number of para-hydroxylation sites is 1. The molecule has 2 aromatic carbocycles. The second-order valence-electron chi connectivity index (χ2n) is 7.09. The predicted octanol–water partition coefficient (Wildman–Crippen LogP) is 4.01. The fourth-order valence-corrected chi connectivity index (χ4v) is 3.69. The van der Waals surface area contributed by atoms with Gasteiger partial charge in [-0.15, -0.1) is 0 Å². The molecule has 29 heavy (non-hydrogen) atoms. The van der Waals surface area contributed by atoms with Gasteiger partial charge in [-0.05, 0) is 36.6 Å². The number of piperidine rings is 1. The van der Waals surface area contributed by atoms with Gasteiger partial charge in [0, 0.05) is 42.7 Å². The first-order valence-corrected chi connectivity index (χ1v) is 9.80. The second kappa shape index (κ2) is 8.73. The summed E-state index contributed by atoms with van der Waals surface area (Å²) in [6.45, 7) is 1.60. The number of aromatic nitrogens is 2. The molecule has 148 valence electrons. The van der Waals surface area contributed by atoms with Crippen LogP contribution < -0.4 is 15.0 Å². The van der Waals surface area contributed by atoms with Gasteiger partial charge in [-0.2, -0.15) is 0 Å². The number of methoxy groups -OCH3 is 1. The number of benzene rings is 2. The summed E-state index contributed by atoms with van der Waals surface area (Å²) >= 11 is 0. The monoisotopic (exact) mass is 388 g/mol. The van der Waals surface area contributed by atoms with Crippen molar-refractivity contribution in [3.05, 3.63) is 67.1 Å². The molecule has 0 saturated carbocycles. The molecule has 3 aromatic rings. The summed E-state index contributed by atoms with van der Waals surface area (Å²) in [5.74, 6) is 1.72. The van der Waals surface area contributed by atoms with E-state index in [1.165, 1.54) is 0 Å². The number of rotatable bonds is 5. The average molecular weight is 388 g/mol. The summed E-state index contributed by atoms with van der Waals surface area (Å²) in [4.78, 5) is 23.6. The van der Waals surface area contributed by atoms with Crippen molar-refractivity contribution in [3.8, 4) is 16.9 Å². The van der Waals surface area contributed by atoms with Crippen LogP contribution in [-0.4, -0.2) is 36.1 Å².